The first-order valence-electron chi connectivity index (χ1n) is 8.94. The summed E-state index contributed by atoms with van der Waals surface area (Å²) < 4.78 is 5.33. The molecule has 3 N–H and O–H groups in total. The molecule has 0 fully saturated rings. The first-order valence-corrected chi connectivity index (χ1v) is 8.94. The van der Waals surface area contributed by atoms with Crippen molar-refractivity contribution in [2.45, 2.75) is 33.2 Å². The summed E-state index contributed by atoms with van der Waals surface area (Å²) in [6.07, 6.45) is 5.78. The molecule has 0 bridgehead atoms. The van der Waals surface area contributed by atoms with Gasteiger partial charge in [0.15, 0.2) is 5.96 Å². The smallest absolute Gasteiger partial charge is 0.191 e. The first-order chi connectivity index (χ1) is 12.3. The molecule has 25 heavy (non-hydrogen) atoms. The van der Waals surface area contributed by atoms with Crippen LogP contribution in [-0.4, -0.2) is 24.0 Å². The van der Waals surface area contributed by atoms with Crippen LogP contribution in [0.2, 0.25) is 0 Å². The number of guanidine groups is 1. The van der Waals surface area contributed by atoms with E-state index in [2.05, 4.69) is 58.9 Å². The minimum absolute atomic E-state index is 0.537. The summed E-state index contributed by atoms with van der Waals surface area (Å²) in [5.74, 6) is 1.67. The number of aromatic nitrogens is 1. The normalized spacial score (nSPS) is 11.8. The predicted octanol–water partition coefficient (Wildman–Crippen LogP) is 3.62. The van der Waals surface area contributed by atoms with Crippen molar-refractivity contribution in [3.05, 3.63) is 59.7 Å². The quantitative estimate of drug-likeness (QED) is 0.455. The monoisotopic (exact) mass is 338 g/mol. The molecular formula is C20H26N4O. The zero-order chi connectivity index (χ0) is 17.5. The number of para-hydroxylation sites is 1. The highest BCUT2D eigenvalue weighted by Gasteiger charge is 2.07. The zero-order valence-corrected chi connectivity index (χ0v) is 14.9. The maximum atomic E-state index is 5.33. The third kappa shape index (κ3) is 4.24. The summed E-state index contributed by atoms with van der Waals surface area (Å²) in [5.41, 5.74) is 3.96. The highest BCUT2D eigenvalue weighted by molar-refractivity contribution is 5.86. The number of aromatic amines is 1. The molecule has 0 aliphatic carbocycles. The molecule has 0 unspecified atom stereocenters. The summed E-state index contributed by atoms with van der Waals surface area (Å²) in [6.45, 7) is 6.45. The molecule has 0 saturated carbocycles. The van der Waals surface area contributed by atoms with Crippen LogP contribution < -0.4 is 10.6 Å². The van der Waals surface area contributed by atoms with Crippen molar-refractivity contribution in [1.82, 2.24) is 15.6 Å². The number of nitrogens with one attached hydrogen (secondary N) is 3. The molecule has 0 atom stereocenters. The number of hydrogen-bond acceptors (Lipinski definition) is 2. The van der Waals surface area contributed by atoms with E-state index in [4.69, 9.17) is 4.42 Å². The highest BCUT2D eigenvalue weighted by Crippen LogP contribution is 2.22. The summed E-state index contributed by atoms with van der Waals surface area (Å²) in [5, 5.41) is 7.99. The lowest BCUT2D eigenvalue weighted by molar-refractivity contribution is 0.512. The number of nitrogens with zero attached hydrogens (tertiary/aromatic N) is 1. The number of H-pyrrole nitrogens is 1. The van der Waals surface area contributed by atoms with Crippen LogP contribution in [0.1, 0.15) is 30.7 Å². The molecule has 132 valence electrons. The molecule has 0 amide bonds. The second-order valence-corrected chi connectivity index (χ2v) is 5.96. The van der Waals surface area contributed by atoms with Crippen molar-refractivity contribution in [2.24, 2.45) is 4.99 Å². The molecule has 0 aliphatic heterocycles. The van der Waals surface area contributed by atoms with Crippen LogP contribution in [0.15, 0.2) is 52.2 Å². The molecule has 2 heterocycles. The third-order valence-corrected chi connectivity index (χ3v) is 4.27. The van der Waals surface area contributed by atoms with Gasteiger partial charge in [0.1, 0.15) is 12.3 Å². The molecule has 5 heteroatoms. The Morgan fingerprint density at radius 1 is 1.12 bits per heavy atom. The summed E-state index contributed by atoms with van der Waals surface area (Å²) >= 11 is 0. The Hall–Kier alpha value is -2.69. The second-order valence-electron chi connectivity index (χ2n) is 5.96. The van der Waals surface area contributed by atoms with E-state index >= 15 is 0 Å². The van der Waals surface area contributed by atoms with Gasteiger partial charge in [-0.2, -0.15) is 0 Å². The number of fused-ring (bicyclic) bond motifs is 1. The second kappa shape index (κ2) is 8.42. The van der Waals surface area contributed by atoms with Gasteiger partial charge < -0.3 is 20.0 Å². The standard InChI is InChI=1S/C20H26N4O/c1-3-15-7-5-9-18-16(13-23-19(15)18)10-11-22-20(21-4-2)24-14-17-8-6-12-25-17/h5-9,12-13,23H,3-4,10-11,14H2,1-2H3,(H2,21,22,24). The van der Waals surface area contributed by atoms with E-state index in [-0.39, 0.29) is 0 Å². The number of benzene rings is 1. The van der Waals surface area contributed by atoms with Crippen molar-refractivity contribution < 1.29 is 4.42 Å². The van der Waals surface area contributed by atoms with Crippen LogP contribution in [0.4, 0.5) is 0 Å². The number of aryl methyl sites for hydroxylation is 1. The van der Waals surface area contributed by atoms with Crippen LogP contribution in [0.3, 0.4) is 0 Å². The maximum Gasteiger partial charge on any atom is 0.191 e. The van der Waals surface area contributed by atoms with Crippen LogP contribution in [0, 0.1) is 0 Å². The predicted molar refractivity (Wildman–Crippen MR) is 103 cm³/mol. The van der Waals surface area contributed by atoms with E-state index in [9.17, 15) is 0 Å². The van der Waals surface area contributed by atoms with E-state index in [1.807, 2.05) is 12.1 Å². The Morgan fingerprint density at radius 3 is 2.80 bits per heavy atom. The van der Waals surface area contributed by atoms with Gasteiger partial charge in [-0.25, -0.2) is 4.99 Å². The van der Waals surface area contributed by atoms with Gasteiger partial charge in [-0.3, -0.25) is 0 Å². The van der Waals surface area contributed by atoms with Crippen LogP contribution in [-0.2, 0) is 19.4 Å². The van der Waals surface area contributed by atoms with E-state index in [1.165, 1.54) is 22.0 Å². The van der Waals surface area contributed by atoms with Crippen LogP contribution in [0.5, 0.6) is 0 Å². The van der Waals surface area contributed by atoms with Crippen LogP contribution in [0.25, 0.3) is 10.9 Å². The van der Waals surface area contributed by atoms with Crippen molar-refractivity contribution >= 4 is 16.9 Å². The lowest BCUT2D eigenvalue weighted by Gasteiger charge is -2.10. The van der Waals surface area contributed by atoms with Gasteiger partial charge in [-0.05, 0) is 43.0 Å². The van der Waals surface area contributed by atoms with E-state index in [1.54, 1.807) is 6.26 Å². The summed E-state index contributed by atoms with van der Waals surface area (Å²) in [7, 11) is 0. The Morgan fingerprint density at radius 2 is 2.04 bits per heavy atom. The minimum Gasteiger partial charge on any atom is -0.467 e. The van der Waals surface area contributed by atoms with Gasteiger partial charge in [0, 0.05) is 30.2 Å². The topological polar surface area (TPSA) is 65.3 Å². The lowest BCUT2D eigenvalue weighted by atomic mass is 10.1. The van der Waals surface area contributed by atoms with E-state index in [0.29, 0.717) is 6.54 Å². The molecule has 5 nitrogen and oxygen atoms in total. The molecule has 1 aromatic carbocycles. The fraction of sp³-hybridized carbons (Fsp3) is 0.350. The van der Waals surface area contributed by atoms with Crippen molar-refractivity contribution in [2.75, 3.05) is 13.1 Å². The highest BCUT2D eigenvalue weighted by atomic mass is 16.3. The Bertz CT molecular complexity index is 817. The molecule has 3 aromatic rings. The summed E-state index contributed by atoms with van der Waals surface area (Å²) in [6, 6.07) is 10.3. The van der Waals surface area contributed by atoms with Crippen molar-refractivity contribution in [1.29, 1.82) is 0 Å². The summed E-state index contributed by atoms with van der Waals surface area (Å²) in [4.78, 5) is 7.99. The average molecular weight is 338 g/mol. The van der Waals surface area contributed by atoms with Crippen molar-refractivity contribution in [3.63, 3.8) is 0 Å². The van der Waals surface area contributed by atoms with Gasteiger partial charge in [-0.15, -0.1) is 0 Å². The number of rotatable bonds is 7. The Kier molecular flexibility index (Phi) is 5.77. The molecule has 0 aliphatic rings. The van der Waals surface area contributed by atoms with E-state index < -0.39 is 0 Å². The third-order valence-electron chi connectivity index (χ3n) is 4.27. The largest absolute Gasteiger partial charge is 0.467 e. The molecule has 2 aromatic heterocycles. The SMILES string of the molecule is CCNC(=NCc1ccco1)NCCc1c[nH]c2c(CC)cccc12. The van der Waals surface area contributed by atoms with Crippen molar-refractivity contribution in [3.8, 4) is 0 Å². The van der Waals surface area contributed by atoms with Gasteiger partial charge in [0.2, 0.25) is 0 Å². The number of hydrogen-bond donors (Lipinski definition) is 3. The van der Waals surface area contributed by atoms with Gasteiger partial charge >= 0.3 is 0 Å². The molecule has 0 radical (unpaired) electrons. The molecule has 3 rings (SSSR count). The number of furan rings is 1. The van der Waals surface area contributed by atoms with E-state index in [0.717, 1.165) is 37.7 Å². The van der Waals surface area contributed by atoms with Gasteiger partial charge in [-0.1, -0.05) is 25.1 Å². The zero-order valence-electron chi connectivity index (χ0n) is 14.9. The molecule has 0 spiro atoms. The fourth-order valence-electron chi connectivity index (χ4n) is 2.99. The Labute approximate surface area is 148 Å². The maximum absolute atomic E-state index is 5.33. The Balaban J connectivity index is 1.61. The van der Waals surface area contributed by atoms with Crippen LogP contribution >= 0.6 is 0 Å². The average Bonchev–Trinajstić information content (AvgIpc) is 3.29. The fourth-order valence-corrected chi connectivity index (χ4v) is 2.99. The van der Waals surface area contributed by atoms with Gasteiger partial charge in [0.05, 0.1) is 6.26 Å². The lowest BCUT2D eigenvalue weighted by Crippen LogP contribution is -2.38. The van der Waals surface area contributed by atoms with Gasteiger partial charge in [0.25, 0.3) is 0 Å². The number of aliphatic imine (C=N–C) groups is 1. The minimum atomic E-state index is 0.537. The molecule has 0 saturated heterocycles. The molecular weight excluding hydrogens is 312 g/mol. The first kappa shape index (κ1) is 17.1.